The van der Waals surface area contributed by atoms with Crippen molar-refractivity contribution in [2.24, 2.45) is 0 Å². The summed E-state index contributed by atoms with van der Waals surface area (Å²) in [4.78, 5) is 14.2. The Morgan fingerprint density at radius 2 is 1.85 bits per heavy atom. The summed E-state index contributed by atoms with van der Waals surface area (Å²) in [6.07, 6.45) is 4.02. The molecule has 27 heavy (non-hydrogen) atoms. The van der Waals surface area contributed by atoms with E-state index in [1.165, 1.54) is 6.07 Å². The van der Waals surface area contributed by atoms with Gasteiger partial charge in [0.1, 0.15) is 5.82 Å². The van der Waals surface area contributed by atoms with Crippen molar-refractivity contribution >= 4 is 36.0 Å². The van der Waals surface area contributed by atoms with Crippen LogP contribution in [-0.2, 0) is 4.43 Å². The standard InChI is InChI=1S/C20H32BrFN2O2Si/c1-20(2,3)27(5,6)26-16-10-8-15(9-11-16)24(4)19(25)23-18-12-7-14(21)13-17(18)22/h7,12-13,15-16H,8-11H2,1-6H3,(H,23,25)/t15-,16+. The highest BCUT2D eigenvalue weighted by Crippen LogP contribution is 2.39. The molecule has 1 fully saturated rings. The summed E-state index contributed by atoms with van der Waals surface area (Å²) in [7, 11) is 0.0198. The maximum Gasteiger partial charge on any atom is 0.321 e. The second-order valence-electron chi connectivity index (χ2n) is 8.97. The van der Waals surface area contributed by atoms with Crippen LogP contribution in [0.1, 0.15) is 46.5 Å². The number of carbonyl (C=O) groups is 1. The number of halogens is 2. The number of nitrogens with one attached hydrogen (secondary N) is 1. The summed E-state index contributed by atoms with van der Waals surface area (Å²) in [5.74, 6) is -0.447. The van der Waals surface area contributed by atoms with Gasteiger partial charge >= 0.3 is 6.03 Å². The van der Waals surface area contributed by atoms with E-state index in [0.717, 1.165) is 25.7 Å². The van der Waals surface area contributed by atoms with Crippen LogP contribution >= 0.6 is 15.9 Å². The molecule has 1 N–H and O–H groups in total. The average Bonchev–Trinajstić information content (AvgIpc) is 2.56. The zero-order valence-electron chi connectivity index (χ0n) is 17.2. The first kappa shape index (κ1) is 22.4. The molecule has 4 nitrogen and oxygen atoms in total. The van der Waals surface area contributed by atoms with Crippen LogP contribution in [0.2, 0.25) is 18.1 Å². The molecule has 0 heterocycles. The Bertz CT molecular complexity index is 670. The summed E-state index contributed by atoms with van der Waals surface area (Å²) in [5, 5.41) is 2.87. The van der Waals surface area contributed by atoms with Crippen molar-refractivity contribution in [2.75, 3.05) is 12.4 Å². The number of amides is 2. The van der Waals surface area contributed by atoms with Crippen molar-refractivity contribution in [2.45, 2.75) is 76.7 Å². The lowest BCUT2D eigenvalue weighted by atomic mass is 9.92. The lowest BCUT2D eigenvalue weighted by Crippen LogP contribution is -2.47. The molecule has 0 spiro atoms. The fourth-order valence-corrected chi connectivity index (χ4v) is 4.86. The number of hydrogen-bond acceptors (Lipinski definition) is 2. The van der Waals surface area contributed by atoms with E-state index in [0.29, 0.717) is 4.47 Å². The van der Waals surface area contributed by atoms with Crippen molar-refractivity contribution in [3.05, 3.63) is 28.5 Å². The van der Waals surface area contributed by atoms with Gasteiger partial charge in [0.2, 0.25) is 0 Å². The molecule has 0 aromatic heterocycles. The van der Waals surface area contributed by atoms with E-state index < -0.39 is 14.1 Å². The third-order valence-electron chi connectivity index (χ3n) is 5.95. The molecule has 0 unspecified atom stereocenters. The van der Waals surface area contributed by atoms with Crippen molar-refractivity contribution < 1.29 is 13.6 Å². The van der Waals surface area contributed by atoms with Crippen LogP contribution in [0.25, 0.3) is 0 Å². The number of hydrogen-bond donors (Lipinski definition) is 1. The van der Waals surface area contributed by atoms with Gasteiger partial charge < -0.3 is 14.6 Å². The van der Waals surface area contributed by atoms with Crippen molar-refractivity contribution in [3.63, 3.8) is 0 Å². The van der Waals surface area contributed by atoms with E-state index in [9.17, 15) is 9.18 Å². The third-order valence-corrected chi connectivity index (χ3v) is 11.0. The van der Waals surface area contributed by atoms with E-state index in [1.807, 2.05) is 0 Å². The number of anilines is 1. The van der Waals surface area contributed by atoms with Crippen molar-refractivity contribution in [1.29, 1.82) is 0 Å². The van der Waals surface area contributed by atoms with Gasteiger partial charge in [-0.3, -0.25) is 0 Å². The first-order valence-corrected chi connectivity index (χ1v) is 13.3. The maximum atomic E-state index is 13.9. The number of nitrogens with zero attached hydrogens (tertiary/aromatic N) is 1. The van der Waals surface area contributed by atoms with Crippen molar-refractivity contribution in [1.82, 2.24) is 4.90 Å². The Labute approximate surface area is 172 Å². The summed E-state index contributed by atoms with van der Waals surface area (Å²) < 4.78 is 21.1. The van der Waals surface area contributed by atoms with Crippen LogP contribution in [0, 0.1) is 5.82 Å². The molecule has 1 aliphatic rings. The van der Waals surface area contributed by atoms with E-state index in [1.54, 1.807) is 24.1 Å². The Hall–Kier alpha value is -0.923. The topological polar surface area (TPSA) is 41.6 Å². The molecular formula is C20H32BrFN2O2Si. The molecule has 0 aliphatic heterocycles. The molecule has 1 saturated carbocycles. The van der Waals surface area contributed by atoms with Crippen LogP contribution < -0.4 is 5.32 Å². The Balaban J connectivity index is 1.88. The van der Waals surface area contributed by atoms with Gasteiger partial charge in [0.05, 0.1) is 5.69 Å². The molecule has 0 saturated heterocycles. The molecule has 0 radical (unpaired) electrons. The first-order valence-electron chi connectivity index (χ1n) is 9.57. The molecule has 7 heteroatoms. The quantitative estimate of drug-likeness (QED) is 0.531. The van der Waals surface area contributed by atoms with E-state index >= 15 is 0 Å². The minimum atomic E-state index is -1.76. The molecule has 1 aromatic carbocycles. The van der Waals surface area contributed by atoms with Gasteiger partial charge in [-0.05, 0) is 62.0 Å². The maximum absolute atomic E-state index is 13.9. The van der Waals surface area contributed by atoms with E-state index in [2.05, 4.69) is 55.1 Å². The lowest BCUT2D eigenvalue weighted by Gasteiger charge is -2.42. The monoisotopic (exact) mass is 458 g/mol. The molecule has 0 bridgehead atoms. The SMILES string of the molecule is CN(C(=O)Nc1ccc(Br)cc1F)[C@H]1CC[C@@H](O[Si](C)(C)C(C)(C)C)CC1. The van der Waals surface area contributed by atoms with Crippen LogP contribution in [0.5, 0.6) is 0 Å². The molecule has 1 aromatic rings. The molecule has 0 atom stereocenters. The highest BCUT2D eigenvalue weighted by molar-refractivity contribution is 9.10. The summed E-state index contributed by atoms with van der Waals surface area (Å²) in [5.41, 5.74) is 0.199. The second kappa shape index (κ2) is 8.62. The Kier molecular flexibility index (Phi) is 7.14. The van der Waals surface area contributed by atoms with Crippen LogP contribution in [0.4, 0.5) is 14.9 Å². The largest absolute Gasteiger partial charge is 0.414 e. The minimum Gasteiger partial charge on any atom is -0.414 e. The molecule has 1 aliphatic carbocycles. The number of urea groups is 1. The highest BCUT2D eigenvalue weighted by Gasteiger charge is 2.40. The van der Waals surface area contributed by atoms with Gasteiger partial charge in [0.25, 0.3) is 0 Å². The Morgan fingerprint density at radius 3 is 2.37 bits per heavy atom. The normalized spacial score (nSPS) is 21.0. The highest BCUT2D eigenvalue weighted by atomic mass is 79.9. The van der Waals surface area contributed by atoms with Gasteiger partial charge in [-0.15, -0.1) is 0 Å². The third kappa shape index (κ3) is 5.78. The fraction of sp³-hybridized carbons (Fsp3) is 0.650. The number of rotatable bonds is 4. The average molecular weight is 459 g/mol. The van der Waals surface area contributed by atoms with Gasteiger partial charge in [-0.1, -0.05) is 36.7 Å². The van der Waals surface area contributed by atoms with Gasteiger partial charge in [0, 0.05) is 23.7 Å². The minimum absolute atomic E-state index is 0.155. The van der Waals surface area contributed by atoms with Gasteiger partial charge in [-0.25, -0.2) is 9.18 Å². The first-order chi connectivity index (χ1) is 12.4. The zero-order valence-corrected chi connectivity index (χ0v) is 19.8. The molecule has 2 rings (SSSR count). The second-order valence-corrected chi connectivity index (χ2v) is 14.6. The predicted octanol–water partition coefficient (Wildman–Crippen LogP) is 6.38. The summed E-state index contributed by atoms with van der Waals surface area (Å²) in [6, 6.07) is 4.50. The predicted molar refractivity (Wildman–Crippen MR) is 115 cm³/mol. The van der Waals surface area contributed by atoms with E-state index in [4.69, 9.17) is 4.43 Å². The fourth-order valence-electron chi connectivity index (χ4n) is 3.10. The molecular weight excluding hydrogens is 427 g/mol. The van der Waals surface area contributed by atoms with Gasteiger partial charge in [0.15, 0.2) is 8.32 Å². The van der Waals surface area contributed by atoms with Crippen LogP contribution in [0.15, 0.2) is 22.7 Å². The van der Waals surface area contributed by atoms with Crippen molar-refractivity contribution in [3.8, 4) is 0 Å². The summed E-state index contributed by atoms with van der Waals surface area (Å²) >= 11 is 3.22. The number of benzene rings is 1. The van der Waals surface area contributed by atoms with Crippen LogP contribution in [-0.4, -0.2) is 38.4 Å². The summed E-state index contributed by atoms with van der Waals surface area (Å²) in [6.45, 7) is 11.3. The Morgan fingerprint density at radius 1 is 1.26 bits per heavy atom. The van der Waals surface area contributed by atoms with E-state index in [-0.39, 0.29) is 28.9 Å². The van der Waals surface area contributed by atoms with Gasteiger partial charge in [-0.2, -0.15) is 0 Å². The number of carbonyl (C=O) groups excluding carboxylic acids is 1. The smallest absolute Gasteiger partial charge is 0.321 e. The molecule has 152 valence electrons. The zero-order chi connectivity index (χ0) is 20.4. The molecule has 2 amide bonds. The van der Waals surface area contributed by atoms with Crippen LogP contribution in [0.3, 0.4) is 0 Å². The lowest BCUT2D eigenvalue weighted by molar-refractivity contribution is 0.101.